The fourth-order valence-electron chi connectivity index (χ4n) is 8.81. The fourth-order valence-corrected chi connectivity index (χ4v) is 8.81. The number of piperazine rings is 1. The number of hydrogen-bond acceptors (Lipinski definition) is 11. The number of carbonyl (C=O) groups excluding carboxylic acids is 4. The van der Waals surface area contributed by atoms with Crippen LogP contribution < -0.4 is 25.0 Å². The van der Waals surface area contributed by atoms with Gasteiger partial charge in [0, 0.05) is 88.7 Å². The van der Waals surface area contributed by atoms with Crippen LogP contribution in [0.15, 0.2) is 48.7 Å². The molecule has 62 heavy (non-hydrogen) atoms. The highest BCUT2D eigenvalue weighted by Gasteiger charge is 2.38. The predicted octanol–water partition coefficient (Wildman–Crippen LogP) is 4.48. The average molecular weight is 851 g/mol. The number of ether oxygens (including phenoxy) is 2. The third kappa shape index (κ3) is 8.06. The second kappa shape index (κ2) is 16.8. The van der Waals surface area contributed by atoms with Gasteiger partial charge in [-0.15, -0.1) is 0 Å². The number of aromatic nitrogens is 5. The van der Waals surface area contributed by atoms with Crippen LogP contribution in [0.1, 0.15) is 60.0 Å². The van der Waals surface area contributed by atoms with E-state index in [1.807, 2.05) is 24.1 Å². The van der Waals surface area contributed by atoms with Crippen LogP contribution in [0.25, 0.3) is 22.3 Å². The number of anilines is 2. The minimum atomic E-state index is -1.07. The summed E-state index contributed by atoms with van der Waals surface area (Å²) in [4.78, 5) is 66.6. The molecule has 2 aromatic carbocycles. The largest absolute Gasteiger partial charge is 0.481 e. The number of piperidine rings is 1. The summed E-state index contributed by atoms with van der Waals surface area (Å²) in [5, 5.41) is 9.60. The van der Waals surface area contributed by atoms with Gasteiger partial charge in [-0.25, -0.2) is 23.4 Å². The van der Waals surface area contributed by atoms with Crippen molar-refractivity contribution in [1.82, 2.24) is 39.4 Å². The summed E-state index contributed by atoms with van der Waals surface area (Å²) in [5.74, 6) is -2.94. The lowest BCUT2D eigenvalue weighted by atomic mass is 9.89. The number of fused-ring (bicyclic) bond motifs is 7. The quantitative estimate of drug-likeness (QED) is 0.231. The van der Waals surface area contributed by atoms with Crippen molar-refractivity contribution in [2.75, 3.05) is 63.2 Å². The van der Waals surface area contributed by atoms with Crippen LogP contribution in [0.5, 0.6) is 11.8 Å². The number of halogens is 2. The van der Waals surface area contributed by atoms with Crippen molar-refractivity contribution < 1.29 is 37.4 Å². The Bertz CT molecular complexity index is 2560. The molecular formula is C44H48F2N10O6. The molecule has 4 aliphatic heterocycles. The number of nitrogens with zero attached hydrogens (tertiary/aromatic N) is 8. The number of benzene rings is 2. The number of nitrogens with one attached hydrogen (secondary N) is 2. The van der Waals surface area contributed by atoms with E-state index in [1.165, 1.54) is 19.2 Å². The van der Waals surface area contributed by atoms with Crippen molar-refractivity contribution in [3.05, 3.63) is 77.0 Å². The highest BCUT2D eigenvalue weighted by Crippen LogP contribution is 2.36. The van der Waals surface area contributed by atoms with E-state index in [-0.39, 0.29) is 42.0 Å². The second-order valence-corrected chi connectivity index (χ2v) is 16.7. The van der Waals surface area contributed by atoms with Crippen LogP contribution in [-0.4, -0.2) is 111 Å². The lowest BCUT2D eigenvalue weighted by Crippen LogP contribution is -2.58. The van der Waals surface area contributed by atoms with Gasteiger partial charge in [-0.1, -0.05) is 13.0 Å². The summed E-state index contributed by atoms with van der Waals surface area (Å²) < 4.78 is 45.8. The molecular weight excluding hydrogens is 803 g/mol. The molecule has 2 bridgehead atoms. The Hall–Kier alpha value is -6.43. The van der Waals surface area contributed by atoms with Gasteiger partial charge in [-0.05, 0) is 61.1 Å². The molecule has 9 rings (SSSR count). The van der Waals surface area contributed by atoms with E-state index in [0.717, 1.165) is 29.4 Å². The van der Waals surface area contributed by atoms with Gasteiger partial charge in [0.2, 0.25) is 35.4 Å². The Kier molecular flexibility index (Phi) is 11.1. The standard InChI is InChI=1S/C44H48F2N10O6/c1-25-8-10-56-36-16-26(4-6-34(36)49-44(56)51-40(58)27-17-35(48-38(18-27)61-3)31-21-47-52(2)43(31)62-15-9-25)22-53-11-13-54(14-12-53)42(60)28-23-55(24-28)29-19-32(45)39(33(46)20-29)30-5-7-37(57)50-41(30)59/h4,6,16-21,25,28,30H,5,7-15,22-24H2,1-3H3,(H,49,51,58)(H,50,57,59)/t25-,30+/m0/s1. The minimum absolute atomic E-state index is 0.0184. The number of amides is 4. The molecule has 324 valence electrons. The van der Waals surface area contributed by atoms with E-state index in [2.05, 4.69) is 43.2 Å². The number of pyridine rings is 1. The maximum Gasteiger partial charge on any atom is 0.258 e. The van der Waals surface area contributed by atoms with E-state index in [1.54, 1.807) is 27.9 Å². The van der Waals surface area contributed by atoms with E-state index in [0.29, 0.717) is 99.2 Å². The SMILES string of the molecule is COc1cc2cc(n1)-c1cnn(C)c1OCC[C@@H](C)CCn1c(nc3ccc(CN4CCN(C(=O)C5CN(c6cc(F)c([C@H]7CCC(=O)NC7=O)c(F)c6)C5)CC4)cc31)NC2=O. The van der Waals surface area contributed by atoms with Crippen molar-refractivity contribution in [1.29, 1.82) is 0 Å². The zero-order chi connectivity index (χ0) is 43.2. The number of imide groups is 1. The van der Waals surface area contributed by atoms with Crippen LogP contribution in [0.2, 0.25) is 0 Å². The Morgan fingerprint density at radius 1 is 0.935 bits per heavy atom. The molecule has 18 heteroatoms. The molecule has 5 aromatic rings. The van der Waals surface area contributed by atoms with Crippen molar-refractivity contribution in [2.45, 2.75) is 51.6 Å². The lowest BCUT2D eigenvalue weighted by molar-refractivity contribution is -0.138. The van der Waals surface area contributed by atoms with E-state index in [9.17, 15) is 19.2 Å². The first kappa shape index (κ1) is 40.9. The van der Waals surface area contributed by atoms with Crippen LogP contribution in [0.4, 0.5) is 20.4 Å². The van der Waals surface area contributed by atoms with Gasteiger partial charge in [0.05, 0.1) is 54.0 Å². The number of imidazole rings is 1. The molecule has 3 saturated heterocycles. The molecule has 0 spiro atoms. The normalized spacial score (nSPS) is 20.3. The first-order valence-electron chi connectivity index (χ1n) is 21.0. The van der Waals surface area contributed by atoms with Gasteiger partial charge >= 0.3 is 0 Å². The summed E-state index contributed by atoms with van der Waals surface area (Å²) in [7, 11) is 3.31. The molecule has 16 nitrogen and oxygen atoms in total. The maximum atomic E-state index is 15.2. The van der Waals surface area contributed by atoms with Gasteiger partial charge < -0.3 is 23.8 Å². The molecule has 2 N–H and O–H groups in total. The topological polar surface area (TPSA) is 169 Å². The summed E-state index contributed by atoms with van der Waals surface area (Å²) >= 11 is 0. The van der Waals surface area contributed by atoms with Gasteiger partial charge in [-0.3, -0.25) is 34.7 Å². The summed E-state index contributed by atoms with van der Waals surface area (Å²) in [6.45, 7) is 7.08. The Morgan fingerprint density at radius 2 is 1.71 bits per heavy atom. The third-order valence-corrected chi connectivity index (χ3v) is 12.5. The number of methoxy groups -OCH3 is 1. The van der Waals surface area contributed by atoms with Gasteiger partial charge in [0.1, 0.15) is 11.6 Å². The summed E-state index contributed by atoms with van der Waals surface area (Å²) in [6, 6.07) is 11.8. The summed E-state index contributed by atoms with van der Waals surface area (Å²) in [5.41, 5.74) is 4.24. The minimum Gasteiger partial charge on any atom is -0.481 e. The van der Waals surface area contributed by atoms with Crippen LogP contribution in [-0.2, 0) is 34.5 Å². The molecule has 4 amide bonds. The second-order valence-electron chi connectivity index (χ2n) is 16.7. The molecule has 4 aliphatic rings. The Balaban J connectivity index is 0.846. The van der Waals surface area contributed by atoms with Crippen molar-refractivity contribution >= 4 is 46.3 Å². The fraction of sp³-hybridized carbons (Fsp3) is 0.432. The van der Waals surface area contributed by atoms with Gasteiger partial charge in [0.25, 0.3) is 5.91 Å². The molecule has 3 aromatic heterocycles. The molecule has 0 saturated carbocycles. The first-order valence-corrected chi connectivity index (χ1v) is 21.0. The average Bonchev–Trinajstić information content (AvgIpc) is 3.77. The van der Waals surface area contributed by atoms with Crippen LogP contribution in [0.3, 0.4) is 0 Å². The number of carbonyl (C=O) groups is 4. The maximum absolute atomic E-state index is 15.2. The molecule has 2 atom stereocenters. The van der Waals surface area contributed by atoms with E-state index in [4.69, 9.17) is 14.5 Å². The number of rotatable bonds is 6. The molecule has 0 unspecified atom stereocenters. The van der Waals surface area contributed by atoms with Crippen molar-refractivity contribution in [3.8, 4) is 23.0 Å². The lowest BCUT2D eigenvalue weighted by Gasteiger charge is -2.44. The van der Waals surface area contributed by atoms with E-state index >= 15 is 8.78 Å². The molecule has 0 radical (unpaired) electrons. The monoisotopic (exact) mass is 850 g/mol. The van der Waals surface area contributed by atoms with Crippen molar-refractivity contribution in [2.24, 2.45) is 18.9 Å². The summed E-state index contributed by atoms with van der Waals surface area (Å²) in [6.07, 6.45) is 3.36. The van der Waals surface area contributed by atoms with Gasteiger partial charge in [-0.2, -0.15) is 5.10 Å². The predicted molar refractivity (Wildman–Crippen MR) is 224 cm³/mol. The zero-order valence-electron chi connectivity index (χ0n) is 34.8. The smallest absolute Gasteiger partial charge is 0.258 e. The number of aryl methyl sites for hydroxylation is 2. The Labute approximate surface area is 356 Å². The van der Waals surface area contributed by atoms with Crippen molar-refractivity contribution in [3.63, 3.8) is 0 Å². The zero-order valence-corrected chi connectivity index (χ0v) is 34.8. The molecule has 3 fully saturated rings. The van der Waals surface area contributed by atoms with Gasteiger partial charge in [0.15, 0.2) is 0 Å². The molecule has 0 aliphatic carbocycles. The Morgan fingerprint density at radius 3 is 2.45 bits per heavy atom. The molecule has 7 heterocycles. The van der Waals surface area contributed by atoms with Crippen LogP contribution in [0, 0.1) is 23.5 Å². The first-order chi connectivity index (χ1) is 29.9. The van der Waals surface area contributed by atoms with Crippen LogP contribution >= 0.6 is 0 Å². The number of hydrogen-bond donors (Lipinski definition) is 2. The van der Waals surface area contributed by atoms with E-state index < -0.39 is 29.4 Å². The highest BCUT2D eigenvalue weighted by molar-refractivity contribution is 6.05. The third-order valence-electron chi connectivity index (χ3n) is 12.5. The highest BCUT2D eigenvalue weighted by atomic mass is 19.1.